The van der Waals surface area contributed by atoms with Crippen molar-refractivity contribution in [1.82, 2.24) is 0 Å². The largest absolute Gasteiger partial charge is 0.384 e. The van der Waals surface area contributed by atoms with Gasteiger partial charge >= 0.3 is 5.38 Å². The van der Waals surface area contributed by atoms with Crippen molar-refractivity contribution in [2.45, 2.75) is 41.4 Å². The van der Waals surface area contributed by atoms with E-state index in [1.54, 1.807) is 6.08 Å². The Morgan fingerprint density at radius 2 is 2.00 bits per heavy atom. The molecule has 2 atom stereocenters. The van der Waals surface area contributed by atoms with E-state index in [1.807, 2.05) is 31.2 Å². The van der Waals surface area contributed by atoms with E-state index >= 15 is 0 Å². The van der Waals surface area contributed by atoms with Gasteiger partial charge in [-0.15, -0.1) is 18.3 Å². The summed E-state index contributed by atoms with van der Waals surface area (Å²) in [4.78, 5) is 0.833. The van der Waals surface area contributed by atoms with Gasteiger partial charge in [-0.2, -0.15) is 8.78 Å². The molecule has 1 aromatic carbocycles. The number of alkyl halides is 3. The summed E-state index contributed by atoms with van der Waals surface area (Å²) in [5.41, 5.74) is 1.09. The molecule has 0 amide bonds. The van der Waals surface area contributed by atoms with Crippen molar-refractivity contribution < 1.29 is 13.9 Å². The first-order valence-electron chi connectivity index (χ1n) is 5.93. The molecule has 0 aliphatic carbocycles. The van der Waals surface area contributed by atoms with E-state index in [0.717, 1.165) is 10.5 Å². The van der Waals surface area contributed by atoms with Crippen LogP contribution in [0.2, 0.25) is 0 Å². The highest BCUT2D eigenvalue weighted by Crippen LogP contribution is 2.36. The fraction of sp³-hybridized carbons (Fsp3) is 0.429. The third-order valence-electron chi connectivity index (χ3n) is 2.65. The van der Waals surface area contributed by atoms with Gasteiger partial charge in [0.05, 0.1) is 0 Å². The Balaban J connectivity index is 2.79. The second-order valence-electron chi connectivity index (χ2n) is 4.32. The molecule has 0 aliphatic rings. The maximum absolute atomic E-state index is 13.0. The van der Waals surface area contributed by atoms with Gasteiger partial charge in [-0.25, -0.2) is 0 Å². The Kier molecular flexibility index (Phi) is 6.30. The van der Waals surface area contributed by atoms with Crippen molar-refractivity contribution in [3.63, 3.8) is 0 Å². The van der Waals surface area contributed by atoms with Gasteiger partial charge in [0.2, 0.25) is 0 Å². The van der Waals surface area contributed by atoms with Gasteiger partial charge in [-0.3, -0.25) is 0 Å². The lowest BCUT2D eigenvalue weighted by Gasteiger charge is -2.25. The molecule has 0 radical (unpaired) electrons. The number of halogens is 3. The molecule has 0 fully saturated rings. The van der Waals surface area contributed by atoms with Gasteiger partial charge < -0.3 is 5.11 Å². The highest BCUT2D eigenvalue weighted by atomic mass is 35.5. The maximum Gasteiger partial charge on any atom is 0.348 e. The quantitative estimate of drug-likeness (QED) is 0.451. The van der Waals surface area contributed by atoms with Crippen LogP contribution in [-0.2, 0) is 0 Å². The van der Waals surface area contributed by atoms with Crippen LogP contribution in [0.4, 0.5) is 8.78 Å². The van der Waals surface area contributed by atoms with Crippen molar-refractivity contribution in [2.24, 2.45) is 0 Å². The molecule has 1 nitrogen and oxygen atoms in total. The SMILES string of the molecule is C=CCC[C@H](Sc1ccc(C)cc1)[C@@H](O)C(F)(F)Cl. The van der Waals surface area contributed by atoms with Crippen molar-refractivity contribution >= 4 is 23.4 Å². The third kappa shape index (κ3) is 5.51. The first-order valence-corrected chi connectivity index (χ1v) is 7.19. The number of aryl methyl sites for hydroxylation is 1. The molecule has 106 valence electrons. The molecule has 1 N–H and O–H groups in total. The van der Waals surface area contributed by atoms with E-state index in [9.17, 15) is 13.9 Å². The predicted molar refractivity (Wildman–Crippen MR) is 77.1 cm³/mol. The molecule has 0 heterocycles. The Hall–Kier alpha value is -0.580. The summed E-state index contributed by atoms with van der Waals surface area (Å²) < 4.78 is 26.1. The number of aliphatic hydroxyl groups excluding tert-OH is 1. The lowest BCUT2D eigenvalue weighted by atomic mass is 10.1. The maximum atomic E-state index is 13.0. The van der Waals surface area contributed by atoms with Crippen LogP contribution in [0.5, 0.6) is 0 Å². The monoisotopic (exact) mass is 306 g/mol. The Labute approximate surface area is 121 Å². The first kappa shape index (κ1) is 16.5. The zero-order valence-electron chi connectivity index (χ0n) is 10.7. The summed E-state index contributed by atoms with van der Waals surface area (Å²) in [5.74, 6) is 0. The highest BCUT2D eigenvalue weighted by molar-refractivity contribution is 8.00. The van der Waals surface area contributed by atoms with Crippen LogP contribution in [-0.4, -0.2) is 21.8 Å². The minimum absolute atomic E-state index is 0.394. The van der Waals surface area contributed by atoms with Crippen molar-refractivity contribution in [3.8, 4) is 0 Å². The topological polar surface area (TPSA) is 20.2 Å². The molecule has 1 rings (SSSR count). The minimum atomic E-state index is -3.62. The molecule has 5 heteroatoms. The zero-order valence-corrected chi connectivity index (χ0v) is 12.2. The molecule has 0 saturated carbocycles. The Bertz CT molecular complexity index is 403. The van der Waals surface area contributed by atoms with Crippen LogP contribution in [0.1, 0.15) is 18.4 Å². The predicted octanol–water partition coefficient (Wildman–Crippen LogP) is 4.61. The van der Waals surface area contributed by atoms with Gasteiger partial charge in [0, 0.05) is 10.1 Å². The zero-order chi connectivity index (χ0) is 14.5. The van der Waals surface area contributed by atoms with E-state index in [-0.39, 0.29) is 0 Å². The van der Waals surface area contributed by atoms with Gasteiger partial charge in [0.15, 0.2) is 0 Å². The van der Waals surface area contributed by atoms with Crippen molar-refractivity contribution in [1.29, 1.82) is 0 Å². The Morgan fingerprint density at radius 3 is 2.47 bits per heavy atom. The fourth-order valence-corrected chi connectivity index (χ4v) is 2.99. The summed E-state index contributed by atoms with van der Waals surface area (Å²) in [7, 11) is 0. The highest BCUT2D eigenvalue weighted by Gasteiger charge is 2.41. The molecular weight excluding hydrogens is 290 g/mol. The van der Waals surface area contributed by atoms with E-state index in [2.05, 4.69) is 6.58 Å². The molecule has 19 heavy (non-hydrogen) atoms. The molecule has 0 spiro atoms. The van der Waals surface area contributed by atoms with E-state index in [0.29, 0.717) is 12.8 Å². The van der Waals surface area contributed by atoms with Gasteiger partial charge in [0.25, 0.3) is 0 Å². The standard InChI is InChI=1S/C14H17ClF2OS/c1-3-4-5-12(13(18)14(15,16)17)19-11-8-6-10(2)7-9-11/h3,6-9,12-13,18H,1,4-5H2,2H3/t12-,13+/m0/s1. The van der Waals surface area contributed by atoms with E-state index in [4.69, 9.17) is 11.6 Å². The first-order chi connectivity index (χ1) is 8.84. The number of aliphatic hydroxyl groups is 1. The summed E-state index contributed by atoms with van der Waals surface area (Å²) in [6, 6.07) is 7.50. The lowest BCUT2D eigenvalue weighted by molar-refractivity contribution is -0.0415. The van der Waals surface area contributed by atoms with Crippen LogP contribution in [0.3, 0.4) is 0 Å². The second kappa shape index (κ2) is 7.27. The summed E-state index contributed by atoms with van der Waals surface area (Å²) in [6.45, 7) is 5.51. The summed E-state index contributed by atoms with van der Waals surface area (Å²) in [6.07, 6.45) is 0.696. The number of benzene rings is 1. The number of thioether (sulfide) groups is 1. The molecule has 0 aliphatic heterocycles. The molecule has 0 saturated heterocycles. The smallest absolute Gasteiger partial charge is 0.348 e. The average Bonchev–Trinajstić information content (AvgIpc) is 2.35. The van der Waals surface area contributed by atoms with E-state index < -0.39 is 16.7 Å². The van der Waals surface area contributed by atoms with Crippen molar-refractivity contribution in [2.75, 3.05) is 0 Å². The van der Waals surface area contributed by atoms with Gasteiger partial charge in [-0.05, 0) is 43.5 Å². The molecule has 1 aromatic rings. The van der Waals surface area contributed by atoms with Gasteiger partial charge in [0.1, 0.15) is 6.10 Å². The second-order valence-corrected chi connectivity index (χ2v) is 6.14. The van der Waals surface area contributed by atoms with Crippen LogP contribution in [0, 0.1) is 6.92 Å². The van der Waals surface area contributed by atoms with E-state index in [1.165, 1.54) is 11.8 Å². The lowest BCUT2D eigenvalue weighted by Crippen LogP contribution is -2.37. The summed E-state index contributed by atoms with van der Waals surface area (Å²) in [5, 5.41) is 5.36. The van der Waals surface area contributed by atoms with Crippen LogP contribution < -0.4 is 0 Å². The van der Waals surface area contributed by atoms with Crippen LogP contribution in [0.15, 0.2) is 41.8 Å². The fourth-order valence-electron chi connectivity index (χ4n) is 1.57. The molecule has 0 aromatic heterocycles. The number of rotatable bonds is 7. The molecule has 0 unspecified atom stereocenters. The average molecular weight is 307 g/mol. The van der Waals surface area contributed by atoms with Crippen LogP contribution in [0.25, 0.3) is 0 Å². The number of allylic oxidation sites excluding steroid dienone is 1. The molecule has 0 bridgehead atoms. The van der Waals surface area contributed by atoms with Crippen molar-refractivity contribution in [3.05, 3.63) is 42.5 Å². The normalized spacial score (nSPS) is 15.0. The van der Waals surface area contributed by atoms with Crippen LogP contribution >= 0.6 is 23.4 Å². The summed E-state index contributed by atoms with van der Waals surface area (Å²) >= 11 is 6.14. The number of hydrogen-bond acceptors (Lipinski definition) is 2. The minimum Gasteiger partial charge on any atom is -0.384 e. The van der Waals surface area contributed by atoms with Gasteiger partial charge in [-0.1, -0.05) is 23.8 Å². The Morgan fingerprint density at radius 1 is 1.42 bits per heavy atom. The third-order valence-corrected chi connectivity index (χ3v) is 4.22. The number of hydrogen-bond donors (Lipinski definition) is 1. The molecular formula is C14H17ClF2OS.